The van der Waals surface area contributed by atoms with Gasteiger partial charge in [-0.05, 0) is 61.7 Å². The highest BCUT2D eigenvalue weighted by molar-refractivity contribution is 5.90. The minimum Gasteiger partial charge on any atom is -0.504 e. The number of anilines is 1. The van der Waals surface area contributed by atoms with Crippen LogP contribution in [0.4, 0.5) is 10.5 Å². The fourth-order valence-corrected chi connectivity index (χ4v) is 2.40. The molecule has 0 spiro atoms. The Balaban J connectivity index is 1.85. The molecule has 0 unspecified atom stereocenters. The molecule has 6 heteroatoms. The number of urea groups is 1. The van der Waals surface area contributed by atoms with E-state index < -0.39 is 0 Å². The molecule has 2 aromatic rings. The zero-order valence-corrected chi connectivity index (χ0v) is 14.8. The number of rotatable bonds is 7. The minimum absolute atomic E-state index is 0.0999. The van der Waals surface area contributed by atoms with E-state index >= 15 is 0 Å². The van der Waals surface area contributed by atoms with E-state index in [2.05, 4.69) is 10.6 Å². The molecule has 0 fully saturated rings. The molecule has 0 saturated carbocycles. The molecule has 0 aliphatic rings. The van der Waals surface area contributed by atoms with Crippen molar-refractivity contribution < 1.29 is 19.4 Å². The average molecular weight is 344 g/mol. The van der Waals surface area contributed by atoms with Gasteiger partial charge in [-0.25, -0.2) is 4.79 Å². The van der Waals surface area contributed by atoms with E-state index in [0.29, 0.717) is 25.3 Å². The second-order valence-electron chi connectivity index (χ2n) is 5.55. The first-order valence-electron chi connectivity index (χ1n) is 8.17. The lowest BCUT2D eigenvalue weighted by Crippen LogP contribution is -2.30. The summed E-state index contributed by atoms with van der Waals surface area (Å²) in [5.74, 6) is 1.31. The van der Waals surface area contributed by atoms with Crippen molar-refractivity contribution in [3.8, 4) is 17.2 Å². The quantitative estimate of drug-likeness (QED) is 0.718. The maximum atomic E-state index is 12.0. The molecule has 25 heavy (non-hydrogen) atoms. The Morgan fingerprint density at radius 1 is 1.20 bits per heavy atom. The number of amides is 2. The van der Waals surface area contributed by atoms with Crippen molar-refractivity contribution in [1.82, 2.24) is 5.32 Å². The number of methoxy groups -OCH3 is 1. The maximum absolute atomic E-state index is 12.0. The van der Waals surface area contributed by atoms with Gasteiger partial charge in [0.25, 0.3) is 0 Å². The Kier molecular flexibility index (Phi) is 6.51. The average Bonchev–Trinajstić information content (AvgIpc) is 2.59. The molecule has 0 radical (unpaired) electrons. The van der Waals surface area contributed by atoms with E-state index in [1.165, 1.54) is 7.11 Å². The number of hydrogen-bond donors (Lipinski definition) is 3. The highest BCUT2D eigenvalue weighted by Crippen LogP contribution is 2.26. The molecule has 0 atom stereocenters. The normalized spacial score (nSPS) is 10.2. The topological polar surface area (TPSA) is 79.8 Å². The van der Waals surface area contributed by atoms with Crippen LogP contribution < -0.4 is 20.1 Å². The van der Waals surface area contributed by atoms with Gasteiger partial charge in [0.05, 0.1) is 13.7 Å². The van der Waals surface area contributed by atoms with Crippen molar-refractivity contribution in [1.29, 1.82) is 0 Å². The van der Waals surface area contributed by atoms with Crippen LogP contribution in [0.15, 0.2) is 36.4 Å². The van der Waals surface area contributed by atoms with Crippen LogP contribution in [-0.4, -0.2) is 31.4 Å². The van der Waals surface area contributed by atoms with Crippen molar-refractivity contribution in [3.05, 3.63) is 47.5 Å². The van der Waals surface area contributed by atoms with Crippen molar-refractivity contribution in [2.24, 2.45) is 0 Å². The van der Waals surface area contributed by atoms with Crippen LogP contribution in [0.25, 0.3) is 0 Å². The summed E-state index contributed by atoms with van der Waals surface area (Å²) >= 11 is 0. The van der Waals surface area contributed by atoms with Gasteiger partial charge in [-0.1, -0.05) is 6.07 Å². The molecule has 0 heterocycles. The molecule has 0 aliphatic heterocycles. The molecule has 2 aromatic carbocycles. The number of phenols is 1. The van der Waals surface area contributed by atoms with Crippen LogP contribution >= 0.6 is 0 Å². The number of phenolic OH excluding ortho intramolecular Hbond substituents is 1. The van der Waals surface area contributed by atoms with Gasteiger partial charge in [0.2, 0.25) is 0 Å². The minimum atomic E-state index is -0.266. The Bertz CT molecular complexity index is 731. The van der Waals surface area contributed by atoms with Crippen molar-refractivity contribution in [3.63, 3.8) is 0 Å². The smallest absolute Gasteiger partial charge is 0.319 e. The first kappa shape index (κ1) is 18.4. The number of aromatic hydroxyl groups is 1. The van der Waals surface area contributed by atoms with Gasteiger partial charge in [-0.15, -0.1) is 0 Å². The summed E-state index contributed by atoms with van der Waals surface area (Å²) in [6.45, 7) is 4.92. The van der Waals surface area contributed by atoms with Gasteiger partial charge in [0, 0.05) is 12.2 Å². The third kappa shape index (κ3) is 5.31. The van der Waals surface area contributed by atoms with Crippen LogP contribution in [0.5, 0.6) is 17.2 Å². The molecule has 0 aliphatic carbocycles. The zero-order valence-electron chi connectivity index (χ0n) is 14.8. The standard InChI is InChI=1S/C19H24N2O4/c1-4-25-15-6-7-16(13(2)11-15)21-19(23)20-10-9-14-5-8-17(22)18(12-14)24-3/h5-8,11-12,22H,4,9-10H2,1-3H3,(H2,20,21,23). The Labute approximate surface area is 147 Å². The molecule has 6 nitrogen and oxygen atoms in total. The molecular formula is C19H24N2O4. The fourth-order valence-electron chi connectivity index (χ4n) is 2.40. The SMILES string of the molecule is CCOc1ccc(NC(=O)NCCc2ccc(O)c(OC)c2)c(C)c1. The Morgan fingerprint density at radius 3 is 2.68 bits per heavy atom. The molecule has 0 aromatic heterocycles. The third-order valence-electron chi connectivity index (χ3n) is 3.70. The number of ether oxygens (including phenoxy) is 2. The summed E-state index contributed by atoms with van der Waals surface area (Å²) in [4.78, 5) is 12.0. The summed E-state index contributed by atoms with van der Waals surface area (Å²) in [5.41, 5.74) is 2.64. The first-order chi connectivity index (χ1) is 12.0. The Morgan fingerprint density at radius 2 is 2.00 bits per heavy atom. The monoisotopic (exact) mass is 344 g/mol. The van der Waals surface area contributed by atoms with Crippen LogP contribution in [0.3, 0.4) is 0 Å². The van der Waals surface area contributed by atoms with E-state index in [1.54, 1.807) is 18.2 Å². The van der Waals surface area contributed by atoms with E-state index in [4.69, 9.17) is 9.47 Å². The summed E-state index contributed by atoms with van der Waals surface area (Å²) < 4.78 is 10.5. The number of carbonyl (C=O) groups excluding carboxylic acids is 1. The molecule has 3 N–H and O–H groups in total. The van der Waals surface area contributed by atoms with Crippen LogP contribution in [0, 0.1) is 6.92 Å². The predicted molar refractivity (Wildman–Crippen MR) is 97.7 cm³/mol. The second kappa shape index (κ2) is 8.82. The highest BCUT2D eigenvalue weighted by Gasteiger charge is 2.06. The third-order valence-corrected chi connectivity index (χ3v) is 3.70. The molecule has 0 saturated heterocycles. The van der Waals surface area contributed by atoms with Crippen molar-refractivity contribution in [2.75, 3.05) is 25.6 Å². The lowest BCUT2D eigenvalue weighted by molar-refractivity contribution is 0.252. The zero-order chi connectivity index (χ0) is 18.2. The Hall–Kier alpha value is -2.89. The summed E-state index contributed by atoms with van der Waals surface area (Å²) in [6.07, 6.45) is 0.631. The maximum Gasteiger partial charge on any atom is 0.319 e. The van der Waals surface area contributed by atoms with E-state index in [0.717, 1.165) is 22.6 Å². The van der Waals surface area contributed by atoms with Crippen LogP contribution in [0.1, 0.15) is 18.1 Å². The summed E-state index contributed by atoms with van der Waals surface area (Å²) in [6, 6.07) is 10.4. The van der Waals surface area contributed by atoms with E-state index in [9.17, 15) is 9.90 Å². The van der Waals surface area contributed by atoms with Gasteiger partial charge in [-0.3, -0.25) is 0 Å². The van der Waals surface area contributed by atoms with Crippen LogP contribution in [-0.2, 0) is 6.42 Å². The van der Waals surface area contributed by atoms with Gasteiger partial charge < -0.3 is 25.2 Å². The lowest BCUT2D eigenvalue weighted by Gasteiger charge is -2.12. The van der Waals surface area contributed by atoms with Crippen molar-refractivity contribution >= 4 is 11.7 Å². The number of aryl methyl sites for hydroxylation is 1. The number of hydrogen-bond acceptors (Lipinski definition) is 4. The summed E-state index contributed by atoms with van der Waals surface area (Å²) in [7, 11) is 1.50. The second-order valence-corrected chi connectivity index (χ2v) is 5.55. The van der Waals surface area contributed by atoms with Crippen molar-refractivity contribution in [2.45, 2.75) is 20.3 Å². The molecule has 134 valence electrons. The summed E-state index contributed by atoms with van der Waals surface area (Å²) in [5, 5.41) is 15.2. The first-order valence-corrected chi connectivity index (χ1v) is 8.17. The fraction of sp³-hybridized carbons (Fsp3) is 0.316. The number of benzene rings is 2. The number of nitrogens with one attached hydrogen (secondary N) is 2. The molecule has 2 rings (SSSR count). The van der Waals surface area contributed by atoms with Gasteiger partial charge in [-0.2, -0.15) is 0 Å². The predicted octanol–water partition coefficient (Wildman–Crippen LogP) is 3.47. The lowest BCUT2D eigenvalue weighted by atomic mass is 10.1. The van der Waals surface area contributed by atoms with E-state index in [1.807, 2.05) is 32.0 Å². The highest BCUT2D eigenvalue weighted by atomic mass is 16.5. The number of carbonyl (C=O) groups is 1. The van der Waals surface area contributed by atoms with Gasteiger partial charge >= 0.3 is 6.03 Å². The molecule has 2 amide bonds. The van der Waals surface area contributed by atoms with E-state index in [-0.39, 0.29) is 11.8 Å². The van der Waals surface area contributed by atoms with Gasteiger partial charge in [0.1, 0.15) is 5.75 Å². The molecule has 0 bridgehead atoms. The van der Waals surface area contributed by atoms with Gasteiger partial charge in [0.15, 0.2) is 11.5 Å². The molecular weight excluding hydrogens is 320 g/mol. The largest absolute Gasteiger partial charge is 0.504 e. The van der Waals surface area contributed by atoms with Crippen LogP contribution in [0.2, 0.25) is 0 Å².